The first kappa shape index (κ1) is 29.0. The fraction of sp³-hybridized carbons (Fsp3) is 0.704. The fourth-order valence-electron chi connectivity index (χ4n) is 6.01. The molecular formula is C27H43ClN6O3SSi. The molecule has 1 aromatic carbocycles. The van der Waals surface area contributed by atoms with Gasteiger partial charge in [-0.25, -0.2) is 13.1 Å². The number of halogens is 1. The van der Waals surface area contributed by atoms with Crippen molar-refractivity contribution in [1.82, 2.24) is 24.0 Å². The molecule has 0 saturated carbocycles. The van der Waals surface area contributed by atoms with Gasteiger partial charge in [-0.1, -0.05) is 31.2 Å². The van der Waals surface area contributed by atoms with Crippen molar-refractivity contribution in [2.24, 2.45) is 0 Å². The summed E-state index contributed by atoms with van der Waals surface area (Å²) in [6.45, 7) is 8.62. The monoisotopic (exact) mass is 594 g/mol. The standard InChI is InChI=1S/C27H43ClN6O3SSi/c1-32(2)19-12-14-33(15-13-19)38(35,36)27-30-26(34(31-27)18-37-16-17-39(3,4)5)29-25-22-10-6-8-20(22)24(28)21-9-7-11-23(21)25/h19H,6-18H2,1-5H3,(H,29,30,31). The Morgan fingerprint density at radius 2 is 1.62 bits per heavy atom. The largest absolute Gasteiger partial charge is 0.359 e. The number of hydrogen-bond acceptors (Lipinski definition) is 7. The van der Waals surface area contributed by atoms with Gasteiger partial charge in [-0.3, -0.25) is 0 Å². The highest BCUT2D eigenvalue weighted by Crippen LogP contribution is 2.44. The van der Waals surface area contributed by atoms with Crippen LogP contribution in [0.2, 0.25) is 30.7 Å². The third-order valence-corrected chi connectivity index (χ3v) is 12.2. The van der Waals surface area contributed by atoms with E-state index in [0.717, 1.165) is 68.1 Å². The summed E-state index contributed by atoms with van der Waals surface area (Å²) < 4.78 is 36.4. The highest BCUT2D eigenvalue weighted by Gasteiger charge is 2.35. The predicted molar refractivity (Wildman–Crippen MR) is 158 cm³/mol. The molecule has 9 nitrogen and oxygen atoms in total. The molecule has 0 unspecified atom stereocenters. The first-order chi connectivity index (χ1) is 18.5. The quantitative estimate of drug-likeness (QED) is 0.315. The molecule has 1 N–H and O–H groups in total. The maximum atomic E-state index is 13.7. The van der Waals surface area contributed by atoms with Crippen molar-refractivity contribution in [2.75, 3.05) is 39.1 Å². The number of ether oxygens (including phenoxy) is 1. The van der Waals surface area contributed by atoms with Crippen LogP contribution in [-0.4, -0.2) is 80.3 Å². The Hall–Kier alpha value is -1.50. The Morgan fingerprint density at radius 3 is 2.18 bits per heavy atom. The Balaban J connectivity index is 1.45. The molecule has 0 bridgehead atoms. The van der Waals surface area contributed by atoms with Gasteiger partial charge in [-0.2, -0.15) is 9.29 Å². The number of anilines is 2. The van der Waals surface area contributed by atoms with E-state index in [4.69, 9.17) is 16.3 Å². The Labute approximate surface area is 239 Å². The van der Waals surface area contributed by atoms with E-state index in [9.17, 15) is 8.42 Å². The van der Waals surface area contributed by atoms with Gasteiger partial charge < -0.3 is 15.0 Å². The molecule has 216 valence electrons. The molecule has 39 heavy (non-hydrogen) atoms. The van der Waals surface area contributed by atoms with Crippen LogP contribution in [0, 0.1) is 0 Å². The van der Waals surface area contributed by atoms with Crippen LogP contribution in [0.15, 0.2) is 5.16 Å². The van der Waals surface area contributed by atoms with Gasteiger partial charge in [-0.05, 0) is 93.8 Å². The second-order valence-electron chi connectivity index (χ2n) is 12.6. The minimum atomic E-state index is -3.83. The van der Waals surface area contributed by atoms with Crippen molar-refractivity contribution in [3.8, 4) is 0 Å². The summed E-state index contributed by atoms with van der Waals surface area (Å²) in [7, 11) is -1.00. The van der Waals surface area contributed by atoms with Crippen LogP contribution in [0.5, 0.6) is 0 Å². The van der Waals surface area contributed by atoms with Crippen molar-refractivity contribution < 1.29 is 13.2 Å². The van der Waals surface area contributed by atoms with Crippen molar-refractivity contribution in [3.05, 3.63) is 27.3 Å². The van der Waals surface area contributed by atoms with Crippen LogP contribution in [0.3, 0.4) is 0 Å². The van der Waals surface area contributed by atoms with Gasteiger partial charge in [0.25, 0.3) is 15.2 Å². The average Bonchev–Trinajstić information content (AvgIpc) is 3.64. The summed E-state index contributed by atoms with van der Waals surface area (Å²) in [5.41, 5.74) is 5.99. The molecule has 0 spiro atoms. The lowest BCUT2D eigenvalue weighted by atomic mass is 9.98. The van der Waals surface area contributed by atoms with E-state index >= 15 is 0 Å². The van der Waals surface area contributed by atoms with Crippen molar-refractivity contribution >= 4 is 41.3 Å². The maximum absolute atomic E-state index is 13.7. The number of aromatic nitrogens is 3. The molecule has 0 amide bonds. The van der Waals surface area contributed by atoms with Crippen molar-refractivity contribution in [1.29, 1.82) is 0 Å². The normalized spacial score (nSPS) is 18.6. The van der Waals surface area contributed by atoms with Gasteiger partial charge in [0.2, 0.25) is 5.95 Å². The van der Waals surface area contributed by atoms with Crippen LogP contribution < -0.4 is 5.32 Å². The zero-order chi connectivity index (χ0) is 27.9. The number of hydrogen-bond donors (Lipinski definition) is 1. The van der Waals surface area contributed by atoms with Crippen LogP contribution in [0.25, 0.3) is 0 Å². The molecule has 0 atom stereocenters. The number of fused-ring (bicyclic) bond motifs is 2. The summed E-state index contributed by atoms with van der Waals surface area (Å²) in [6.07, 6.45) is 7.59. The minimum absolute atomic E-state index is 0.149. The first-order valence-corrected chi connectivity index (χ1v) is 19.8. The number of sulfonamides is 1. The average molecular weight is 595 g/mol. The molecule has 12 heteroatoms. The number of rotatable bonds is 10. The number of benzene rings is 1. The Bertz CT molecular complexity index is 1280. The lowest BCUT2D eigenvalue weighted by Gasteiger charge is -2.33. The second-order valence-corrected chi connectivity index (χ2v) is 20.4. The smallest absolute Gasteiger partial charge is 0.284 e. The van der Waals surface area contributed by atoms with Crippen LogP contribution in [-0.2, 0) is 47.2 Å². The minimum Gasteiger partial charge on any atom is -0.359 e. The molecule has 1 fully saturated rings. The Morgan fingerprint density at radius 1 is 1.03 bits per heavy atom. The summed E-state index contributed by atoms with van der Waals surface area (Å²) >= 11 is 6.84. The lowest BCUT2D eigenvalue weighted by molar-refractivity contribution is 0.0791. The molecule has 2 aromatic rings. The number of nitrogens with one attached hydrogen (secondary N) is 1. The van der Waals surface area contributed by atoms with E-state index in [1.807, 2.05) is 14.1 Å². The molecule has 1 aromatic heterocycles. The van der Waals surface area contributed by atoms with E-state index in [-0.39, 0.29) is 11.9 Å². The van der Waals surface area contributed by atoms with Crippen LogP contribution in [0.4, 0.5) is 11.6 Å². The third kappa shape index (κ3) is 6.08. The molecular weight excluding hydrogens is 552 g/mol. The van der Waals surface area contributed by atoms with E-state index in [1.54, 1.807) is 4.68 Å². The van der Waals surface area contributed by atoms with E-state index in [1.165, 1.54) is 26.6 Å². The van der Waals surface area contributed by atoms with E-state index < -0.39 is 18.1 Å². The second kappa shape index (κ2) is 11.4. The van der Waals surface area contributed by atoms with Gasteiger partial charge >= 0.3 is 0 Å². The maximum Gasteiger partial charge on any atom is 0.284 e. The predicted octanol–water partition coefficient (Wildman–Crippen LogP) is 4.68. The molecule has 5 rings (SSSR count). The third-order valence-electron chi connectivity index (χ3n) is 8.39. The number of piperidine rings is 1. The SMILES string of the molecule is CN(C)C1CCN(S(=O)(=O)c2nc(Nc3c4c(c(Cl)c5c3CCC5)CCC4)n(COCC[Si](C)(C)C)n2)CC1. The van der Waals surface area contributed by atoms with Gasteiger partial charge in [0.1, 0.15) is 6.73 Å². The lowest BCUT2D eigenvalue weighted by Crippen LogP contribution is -2.44. The van der Waals surface area contributed by atoms with E-state index in [2.05, 4.69) is 39.9 Å². The number of nitrogens with zero attached hydrogens (tertiary/aromatic N) is 5. The van der Waals surface area contributed by atoms with Crippen molar-refractivity contribution in [2.45, 2.75) is 95.0 Å². The molecule has 1 aliphatic heterocycles. The summed E-state index contributed by atoms with van der Waals surface area (Å²) in [5.74, 6) is 0.412. The highest BCUT2D eigenvalue weighted by atomic mass is 35.5. The molecule has 2 aliphatic carbocycles. The molecule has 3 aliphatic rings. The van der Waals surface area contributed by atoms with Crippen LogP contribution >= 0.6 is 11.6 Å². The van der Waals surface area contributed by atoms with E-state index in [0.29, 0.717) is 31.7 Å². The topological polar surface area (TPSA) is 92.6 Å². The summed E-state index contributed by atoms with van der Waals surface area (Å²) in [6, 6.07) is 1.40. The fourth-order valence-corrected chi connectivity index (χ4v) is 8.51. The zero-order valence-electron chi connectivity index (χ0n) is 24.0. The zero-order valence-corrected chi connectivity index (χ0v) is 26.6. The van der Waals surface area contributed by atoms with Gasteiger partial charge in [-0.15, -0.1) is 5.10 Å². The molecule has 2 heterocycles. The molecule has 1 saturated heterocycles. The van der Waals surface area contributed by atoms with Crippen LogP contribution in [0.1, 0.15) is 47.9 Å². The highest BCUT2D eigenvalue weighted by molar-refractivity contribution is 7.89. The van der Waals surface area contributed by atoms with Crippen molar-refractivity contribution in [3.63, 3.8) is 0 Å². The summed E-state index contributed by atoms with van der Waals surface area (Å²) in [4.78, 5) is 6.77. The Kier molecular flexibility index (Phi) is 8.48. The molecule has 0 radical (unpaired) electrons. The van der Waals surface area contributed by atoms with Gasteiger partial charge in [0.15, 0.2) is 0 Å². The van der Waals surface area contributed by atoms with Gasteiger partial charge in [0.05, 0.1) is 0 Å². The summed E-state index contributed by atoms with van der Waals surface area (Å²) in [5, 5.41) is 8.82. The van der Waals surface area contributed by atoms with Gasteiger partial charge in [0, 0.05) is 44.5 Å². The first-order valence-electron chi connectivity index (χ1n) is 14.3.